The SMILES string of the molecule is CC(=O)N1CCCN(C(=O)Cc2c(Cl)cccc2Cl)CC1. The minimum absolute atomic E-state index is 0.00426. The van der Waals surface area contributed by atoms with Gasteiger partial charge in [0.05, 0.1) is 6.42 Å². The summed E-state index contributed by atoms with van der Waals surface area (Å²) in [6, 6.07) is 5.22. The Balaban J connectivity index is 2.02. The molecule has 1 saturated heterocycles. The average molecular weight is 329 g/mol. The largest absolute Gasteiger partial charge is 0.341 e. The first kappa shape index (κ1) is 16.1. The highest BCUT2D eigenvalue weighted by Gasteiger charge is 2.21. The van der Waals surface area contributed by atoms with E-state index in [1.54, 1.807) is 34.9 Å². The first-order valence-corrected chi connectivity index (χ1v) is 7.71. The number of hydrogen-bond acceptors (Lipinski definition) is 2. The maximum absolute atomic E-state index is 12.4. The van der Waals surface area contributed by atoms with Gasteiger partial charge in [-0.2, -0.15) is 0 Å². The molecule has 1 aliphatic rings. The predicted molar refractivity (Wildman–Crippen MR) is 83.6 cm³/mol. The van der Waals surface area contributed by atoms with Crippen LogP contribution in [0.5, 0.6) is 0 Å². The lowest BCUT2D eigenvalue weighted by atomic mass is 10.1. The van der Waals surface area contributed by atoms with E-state index < -0.39 is 0 Å². The molecule has 114 valence electrons. The van der Waals surface area contributed by atoms with Crippen LogP contribution in [0.4, 0.5) is 0 Å². The number of amides is 2. The van der Waals surface area contributed by atoms with E-state index in [4.69, 9.17) is 23.2 Å². The number of benzene rings is 1. The Hall–Kier alpha value is -1.26. The summed E-state index contributed by atoms with van der Waals surface area (Å²) >= 11 is 12.2. The fourth-order valence-electron chi connectivity index (χ4n) is 2.45. The molecule has 1 aromatic carbocycles. The maximum Gasteiger partial charge on any atom is 0.227 e. The van der Waals surface area contributed by atoms with E-state index in [9.17, 15) is 9.59 Å². The van der Waals surface area contributed by atoms with Crippen molar-refractivity contribution in [3.05, 3.63) is 33.8 Å². The van der Waals surface area contributed by atoms with Gasteiger partial charge in [0.25, 0.3) is 0 Å². The van der Waals surface area contributed by atoms with Crippen LogP contribution in [0.25, 0.3) is 0 Å². The van der Waals surface area contributed by atoms with E-state index in [1.807, 2.05) is 0 Å². The molecule has 0 aromatic heterocycles. The maximum atomic E-state index is 12.4. The first-order valence-electron chi connectivity index (χ1n) is 6.95. The summed E-state index contributed by atoms with van der Waals surface area (Å²) < 4.78 is 0. The average Bonchev–Trinajstić information content (AvgIpc) is 2.69. The summed E-state index contributed by atoms with van der Waals surface area (Å²) in [5.41, 5.74) is 0.665. The Morgan fingerprint density at radius 3 is 2.24 bits per heavy atom. The molecular formula is C15H18Cl2N2O2. The van der Waals surface area contributed by atoms with E-state index >= 15 is 0 Å². The molecule has 1 aliphatic heterocycles. The van der Waals surface area contributed by atoms with E-state index in [0.29, 0.717) is 41.8 Å². The van der Waals surface area contributed by atoms with Gasteiger partial charge < -0.3 is 9.80 Å². The fourth-order valence-corrected chi connectivity index (χ4v) is 2.98. The Morgan fingerprint density at radius 1 is 1.05 bits per heavy atom. The van der Waals surface area contributed by atoms with Crippen molar-refractivity contribution in [2.45, 2.75) is 19.8 Å². The molecule has 1 fully saturated rings. The molecule has 0 atom stereocenters. The molecule has 0 spiro atoms. The Morgan fingerprint density at radius 2 is 1.62 bits per heavy atom. The number of nitrogens with zero attached hydrogens (tertiary/aromatic N) is 2. The van der Waals surface area contributed by atoms with Crippen LogP contribution in [0, 0.1) is 0 Å². The zero-order valence-corrected chi connectivity index (χ0v) is 13.5. The molecule has 2 rings (SSSR count). The molecule has 0 aliphatic carbocycles. The lowest BCUT2D eigenvalue weighted by Gasteiger charge is -2.22. The molecule has 4 nitrogen and oxygen atoms in total. The number of carbonyl (C=O) groups is 2. The summed E-state index contributed by atoms with van der Waals surface area (Å²) in [6.07, 6.45) is 0.986. The van der Waals surface area contributed by atoms with Crippen LogP contribution in [-0.4, -0.2) is 47.8 Å². The normalized spacial score (nSPS) is 15.8. The molecule has 2 amide bonds. The molecule has 0 unspecified atom stereocenters. The van der Waals surface area contributed by atoms with Gasteiger partial charge in [0.2, 0.25) is 11.8 Å². The summed E-state index contributed by atoms with van der Waals surface area (Å²) in [5.74, 6) is 0.0499. The smallest absolute Gasteiger partial charge is 0.227 e. The van der Waals surface area contributed by atoms with E-state index in [-0.39, 0.29) is 18.2 Å². The van der Waals surface area contributed by atoms with E-state index in [0.717, 1.165) is 6.42 Å². The van der Waals surface area contributed by atoms with Crippen LogP contribution >= 0.6 is 23.2 Å². The van der Waals surface area contributed by atoms with Crippen molar-refractivity contribution in [2.75, 3.05) is 26.2 Å². The summed E-state index contributed by atoms with van der Waals surface area (Å²) in [4.78, 5) is 27.4. The third kappa shape index (κ3) is 4.11. The van der Waals surface area contributed by atoms with Gasteiger partial charge in [-0.15, -0.1) is 0 Å². The van der Waals surface area contributed by atoms with Crippen LogP contribution in [0.1, 0.15) is 18.9 Å². The second-order valence-corrected chi connectivity index (χ2v) is 5.93. The Kier molecular flexibility index (Phi) is 5.48. The highest BCUT2D eigenvalue weighted by atomic mass is 35.5. The molecule has 1 heterocycles. The van der Waals surface area contributed by atoms with Gasteiger partial charge in [-0.05, 0) is 24.1 Å². The summed E-state index contributed by atoms with van der Waals surface area (Å²) in [5, 5.41) is 1.02. The number of halogens is 2. The van der Waals surface area contributed by atoms with Crippen LogP contribution < -0.4 is 0 Å². The zero-order valence-electron chi connectivity index (χ0n) is 11.9. The highest BCUT2D eigenvalue weighted by molar-refractivity contribution is 6.36. The van der Waals surface area contributed by atoms with Crippen molar-refractivity contribution < 1.29 is 9.59 Å². The van der Waals surface area contributed by atoms with Crippen molar-refractivity contribution in [3.63, 3.8) is 0 Å². The lowest BCUT2D eigenvalue weighted by molar-refractivity contribution is -0.132. The van der Waals surface area contributed by atoms with Gasteiger partial charge >= 0.3 is 0 Å². The molecule has 0 saturated carbocycles. The molecule has 0 bridgehead atoms. The molecule has 1 aromatic rings. The minimum Gasteiger partial charge on any atom is -0.341 e. The van der Waals surface area contributed by atoms with Gasteiger partial charge in [0, 0.05) is 43.1 Å². The highest BCUT2D eigenvalue weighted by Crippen LogP contribution is 2.25. The fraction of sp³-hybridized carbons (Fsp3) is 0.467. The van der Waals surface area contributed by atoms with Crippen LogP contribution in [0.2, 0.25) is 10.0 Å². The van der Waals surface area contributed by atoms with Crippen LogP contribution in [0.15, 0.2) is 18.2 Å². The molecule has 6 heteroatoms. The van der Waals surface area contributed by atoms with E-state index in [2.05, 4.69) is 0 Å². The van der Waals surface area contributed by atoms with Gasteiger partial charge in [0.1, 0.15) is 0 Å². The molecule has 21 heavy (non-hydrogen) atoms. The molecular weight excluding hydrogens is 311 g/mol. The van der Waals surface area contributed by atoms with E-state index in [1.165, 1.54) is 0 Å². The van der Waals surface area contributed by atoms with Crippen molar-refractivity contribution >= 4 is 35.0 Å². The topological polar surface area (TPSA) is 40.6 Å². The Labute approximate surface area is 134 Å². The van der Waals surface area contributed by atoms with Gasteiger partial charge in [-0.25, -0.2) is 0 Å². The zero-order chi connectivity index (χ0) is 15.4. The quantitative estimate of drug-likeness (QED) is 0.837. The second-order valence-electron chi connectivity index (χ2n) is 5.12. The van der Waals surface area contributed by atoms with Crippen LogP contribution in [0.3, 0.4) is 0 Å². The summed E-state index contributed by atoms with van der Waals surface area (Å²) in [7, 11) is 0. The van der Waals surface area contributed by atoms with Gasteiger partial charge in [-0.1, -0.05) is 29.3 Å². The molecule has 0 N–H and O–H groups in total. The van der Waals surface area contributed by atoms with Crippen molar-refractivity contribution in [1.82, 2.24) is 9.80 Å². The van der Waals surface area contributed by atoms with Crippen LogP contribution in [-0.2, 0) is 16.0 Å². The monoisotopic (exact) mass is 328 g/mol. The van der Waals surface area contributed by atoms with Crippen molar-refractivity contribution in [3.8, 4) is 0 Å². The number of rotatable bonds is 2. The summed E-state index contributed by atoms with van der Waals surface area (Å²) in [6.45, 7) is 4.05. The van der Waals surface area contributed by atoms with Crippen molar-refractivity contribution in [2.24, 2.45) is 0 Å². The predicted octanol–water partition coefficient (Wildman–Crippen LogP) is 2.62. The van der Waals surface area contributed by atoms with Gasteiger partial charge in [0.15, 0.2) is 0 Å². The second kappa shape index (κ2) is 7.14. The third-order valence-corrected chi connectivity index (χ3v) is 4.39. The number of carbonyl (C=O) groups excluding carboxylic acids is 2. The lowest BCUT2D eigenvalue weighted by Crippen LogP contribution is -2.37. The first-order chi connectivity index (χ1) is 9.99. The molecule has 0 radical (unpaired) electrons. The van der Waals surface area contributed by atoms with Gasteiger partial charge in [-0.3, -0.25) is 9.59 Å². The minimum atomic E-state index is -0.00426. The number of hydrogen-bond donors (Lipinski definition) is 0. The third-order valence-electron chi connectivity index (χ3n) is 3.68. The standard InChI is InChI=1S/C15H18Cl2N2O2/c1-11(20)18-6-3-7-19(9-8-18)15(21)10-12-13(16)4-2-5-14(12)17/h2,4-5H,3,6-10H2,1H3. The Bertz CT molecular complexity index is 528. The van der Waals surface area contributed by atoms with Crippen molar-refractivity contribution in [1.29, 1.82) is 0 Å².